The zero-order valence-corrected chi connectivity index (χ0v) is 14.1. The lowest BCUT2D eigenvalue weighted by Crippen LogP contribution is -2.29. The highest BCUT2D eigenvalue weighted by atomic mass is 32.2. The van der Waals surface area contributed by atoms with E-state index in [0.29, 0.717) is 16.9 Å². The second-order valence-electron chi connectivity index (χ2n) is 5.56. The molecule has 1 heterocycles. The molecule has 0 unspecified atom stereocenters. The van der Waals surface area contributed by atoms with Gasteiger partial charge in [-0.1, -0.05) is 29.8 Å². The third-order valence-electron chi connectivity index (χ3n) is 3.71. The Labute approximate surface area is 143 Å². The molecule has 0 fully saturated rings. The fourth-order valence-corrected chi connectivity index (χ4v) is 2.99. The average molecular weight is 357 g/mol. The van der Waals surface area contributed by atoms with Gasteiger partial charge in [0, 0.05) is 6.07 Å². The Balaban J connectivity index is 2.24. The van der Waals surface area contributed by atoms with Crippen LogP contribution in [0.3, 0.4) is 0 Å². The third kappa shape index (κ3) is 3.44. The van der Waals surface area contributed by atoms with E-state index in [0.717, 1.165) is 5.56 Å². The summed E-state index contributed by atoms with van der Waals surface area (Å²) < 4.78 is 24.1. The summed E-state index contributed by atoms with van der Waals surface area (Å²) in [5.74, 6) is 0. The second-order valence-corrected chi connectivity index (χ2v) is 7.13. The van der Waals surface area contributed by atoms with Crippen molar-refractivity contribution in [3.05, 3.63) is 81.0 Å². The highest BCUT2D eigenvalue weighted by Gasteiger charge is 2.12. The molecule has 0 aliphatic rings. The van der Waals surface area contributed by atoms with Crippen LogP contribution < -0.4 is 16.4 Å². The maximum absolute atomic E-state index is 12.3. The van der Waals surface area contributed by atoms with Crippen molar-refractivity contribution in [3.63, 3.8) is 0 Å². The van der Waals surface area contributed by atoms with Crippen LogP contribution in [0, 0.1) is 6.92 Å². The van der Waals surface area contributed by atoms with Crippen LogP contribution in [-0.2, 0) is 10.0 Å². The van der Waals surface area contributed by atoms with Crippen LogP contribution >= 0.6 is 0 Å². The summed E-state index contributed by atoms with van der Waals surface area (Å²) in [5, 5.41) is 5.09. The van der Waals surface area contributed by atoms with Crippen molar-refractivity contribution in [2.24, 2.45) is 5.14 Å². The zero-order valence-electron chi connectivity index (χ0n) is 13.3. The van der Waals surface area contributed by atoms with Gasteiger partial charge >= 0.3 is 5.69 Å². The SMILES string of the molecule is Cc1ccc(-n2c(-c3ccc(S(N)(=O)=O)cc3)cc(=O)[nH]c2=O)cc1. The van der Waals surface area contributed by atoms with Gasteiger partial charge < -0.3 is 0 Å². The Bertz CT molecular complexity index is 1140. The van der Waals surface area contributed by atoms with Crippen molar-refractivity contribution in [1.29, 1.82) is 0 Å². The van der Waals surface area contributed by atoms with Crippen molar-refractivity contribution in [2.75, 3.05) is 0 Å². The lowest BCUT2D eigenvalue weighted by Gasteiger charge is -2.13. The minimum absolute atomic E-state index is 0.0506. The molecule has 128 valence electrons. The van der Waals surface area contributed by atoms with Crippen LogP contribution in [0.2, 0.25) is 0 Å². The van der Waals surface area contributed by atoms with Gasteiger partial charge in [-0.3, -0.25) is 14.3 Å². The number of hydrogen-bond acceptors (Lipinski definition) is 4. The Morgan fingerprint density at radius 1 is 0.960 bits per heavy atom. The van der Waals surface area contributed by atoms with Crippen LogP contribution in [0.1, 0.15) is 5.56 Å². The summed E-state index contributed by atoms with van der Waals surface area (Å²) in [6, 6.07) is 14.2. The Kier molecular flexibility index (Phi) is 4.15. The largest absolute Gasteiger partial charge is 0.333 e. The van der Waals surface area contributed by atoms with Gasteiger partial charge in [0.2, 0.25) is 10.0 Å². The fraction of sp³-hybridized carbons (Fsp3) is 0.0588. The van der Waals surface area contributed by atoms with E-state index in [1.165, 1.54) is 34.9 Å². The highest BCUT2D eigenvalue weighted by molar-refractivity contribution is 7.89. The van der Waals surface area contributed by atoms with Crippen molar-refractivity contribution in [2.45, 2.75) is 11.8 Å². The number of nitrogens with zero attached hydrogens (tertiary/aromatic N) is 1. The second kappa shape index (κ2) is 6.15. The van der Waals surface area contributed by atoms with Gasteiger partial charge in [0.05, 0.1) is 16.3 Å². The normalized spacial score (nSPS) is 11.4. The van der Waals surface area contributed by atoms with Gasteiger partial charge in [-0.15, -0.1) is 0 Å². The Morgan fingerprint density at radius 2 is 1.56 bits per heavy atom. The van der Waals surface area contributed by atoms with Crippen molar-refractivity contribution in [1.82, 2.24) is 9.55 Å². The molecule has 7 nitrogen and oxygen atoms in total. The van der Waals surface area contributed by atoms with Crippen LogP contribution in [0.15, 0.2) is 69.1 Å². The number of aryl methyl sites for hydroxylation is 1. The van der Waals surface area contributed by atoms with E-state index in [1.54, 1.807) is 12.1 Å². The van der Waals surface area contributed by atoms with E-state index < -0.39 is 21.3 Å². The Morgan fingerprint density at radius 3 is 2.12 bits per heavy atom. The molecule has 0 saturated carbocycles. The van der Waals surface area contributed by atoms with Gasteiger partial charge in [-0.25, -0.2) is 18.4 Å². The van der Waals surface area contributed by atoms with Crippen molar-refractivity contribution < 1.29 is 8.42 Å². The van der Waals surface area contributed by atoms with Gasteiger partial charge in [0.1, 0.15) is 0 Å². The summed E-state index contributed by atoms with van der Waals surface area (Å²) in [4.78, 5) is 26.3. The number of primary sulfonamides is 1. The predicted octanol–water partition coefficient (Wildman–Crippen LogP) is 1.15. The number of rotatable bonds is 3. The topological polar surface area (TPSA) is 115 Å². The lowest BCUT2D eigenvalue weighted by atomic mass is 10.1. The zero-order chi connectivity index (χ0) is 18.2. The lowest BCUT2D eigenvalue weighted by molar-refractivity contribution is 0.598. The summed E-state index contributed by atoms with van der Waals surface area (Å²) in [7, 11) is -3.82. The smallest absolute Gasteiger partial charge is 0.274 e. The number of benzene rings is 2. The molecule has 0 aliphatic heterocycles. The standard InChI is InChI=1S/C17H15N3O4S/c1-11-2-6-13(7-3-11)20-15(10-16(21)19-17(20)22)12-4-8-14(9-5-12)25(18,23)24/h2-10H,1H3,(H2,18,23,24)(H,19,21,22). The molecule has 0 radical (unpaired) electrons. The summed E-state index contributed by atoms with van der Waals surface area (Å²) in [5.41, 5.74) is 1.34. The number of hydrogen-bond donors (Lipinski definition) is 2. The molecule has 1 aromatic heterocycles. The van der Waals surface area contributed by atoms with Crippen molar-refractivity contribution in [3.8, 4) is 16.9 Å². The van der Waals surface area contributed by atoms with Crippen LogP contribution in [0.4, 0.5) is 0 Å². The fourth-order valence-electron chi connectivity index (χ4n) is 2.47. The molecule has 25 heavy (non-hydrogen) atoms. The first-order chi connectivity index (χ1) is 11.8. The minimum Gasteiger partial charge on any atom is -0.274 e. The van der Waals surface area contributed by atoms with Crippen LogP contribution in [0.5, 0.6) is 0 Å². The highest BCUT2D eigenvalue weighted by Crippen LogP contribution is 2.21. The number of nitrogens with two attached hydrogens (primary N) is 1. The molecular weight excluding hydrogens is 342 g/mol. The van der Waals surface area contributed by atoms with E-state index in [2.05, 4.69) is 4.98 Å². The molecule has 0 aliphatic carbocycles. The first-order valence-corrected chi connectivity index (χ1v) is 8.87. The summed E-state index contributed by atoms with van der Waals surface area (Å²) in [6.07, 6.45) is 0. The van der Waals surface area contributed by atoms with Gasteiger partial charge in [-0.05, 0) is 36.8 Å². The van der Waals surface area contributed by atoms with Gasteiger partial charge in [0.25, 0.3) is 5.56 Å². The molecule has 3 N–H and O–H groups in total. The first-order valence-electron chi connectivity index (χ1n) is 7.32. The minimum atomic E-state index is -3.82. The predicted molar refractivity (Wildman–Crippen MR) is 94.2 cm³/mol. The quantitative estimate of drug-likeness (QED) is 0.731. The van der Waals surface area contributed by atoms with Gasteiger partial charge in [-0.2, -0.15) is 0 Å². The maximum Gasteiger partial charge on any atom is 0.333 e. The molecule has 0 saturated heterocycles. The number of aromatic nitrogens is 2. The summed E-state index contributed by atoms with van der Waals surface area (Å²) in [6.45, 7) is 1.92. The van der Waals surface area contributed by atoms with Crippen LogP contribution in [-0.4, -0.2) is 18.0 Å². The number of nitrogens with one attached hydrogen (secondary N) is 1. The van der Waals surface area contributed by atoms with Crippen molar-refractivity contribution >= 4 is 10.0 Å². The molecule has 0 amide bonds. The van der Waals surface area contributed by atoms with E-state index in [1.807, 2.05) is 19.1 Å². The Hall–Kier alpha value is -2.97. The van der Waals surface area contributed by atoms with E-state index in [4.69, 9.17) is 5.14 Å². The molecule has 8 heteroatoms. The first kappa shape index (κ1) is 16.9. The summed E-state index contributed by atoms with van der Waals surface area (Å²) >= 11 is 0. The number of sulfonamides is 1. The monoisotopic (exact) mass is 357 g/mol. The van der Waals surface area contributed by atoms with E-state index in [9.17, 15) is 18.0 Å². The van der Waals surface area contributed by atoms with E-state index in [-0.39, 0.29) is 4.90 Å². The molecule has 2 aromatic carbocycles. The maximum atomic E-state index is 12.3. The third-order valence-corrected chi connectivity index (χ3v) is 4.64. The number of H-pyrrole nitrogens is 1. The molecule has 3 rings (SSSR count). The average Bonchev–Trinajstić information content (AvgIpc) is 2.55. The van der Waals surface area contributed by atoms with Gasteiger partial charge in [0.15, 0.2) is 0 Å². The molecular formula is C17H15N3O4S. The molecule has 3 aromatic rings. The molecule has 0 atom stereocenters. The van der Waals surface area contributed by atoms with E-state index >= 15 is 0 Å². The molecule has 0 spiro atoms. The van der Waals surface area contributed by atoms with Crippen LogP contribution in [0.25, 0.3) is 16.9 Å². The molecule has 0 bridgehead atoms. The number of aromatic amines is 1.